The number of anilines is 4. The van der Waals surface area contributed by atoms with Crippen molar-refractivity contribution >= 4 is 56.8 Å². The van der Waals surface area contributed by atoms with Gasteiger partial charge in [0.25, 0.3) is 0 Å². The highest BCUT2D eigenvalue weighted by atomic mass is 79.9. The third-order valence-electron chi connectivity index (χ3n) is 12.0. The molecule has 6 N–H and O–H groups in total. The molecule has 9 rings (SSSR count). The maximum absolute atomic E-state index is 12.6. The monoisotopic (exact) mass is 1070 g/mol. The smallest absolute Gasteiger partial charge is 0.410 e. The number of benzene rings is 4. The largest absolute Gasteiger partial charge is 0.444 e. The van der Waals surface area contributed by atoms with Crippen LogP contribution in [0.25, 0.3) is 33.4 Å². The molecule has 19 nitrogen and oxygen atoms in total. The van der Waals surface area contributed by atoms with Crippen LogP contribution in [-0.4, -0.2) is 125 Å². The van der Waals surface area contributed by atoms with Gasteiger partial charge in [-0.3, -0.25) is 14.0 Å². The van der Waals surface area contributed by atoms with Gasteiger partial charge in [0.1, 0.15) is 5.60 Å². The summed E-state index contributed by atoms with van der Waals surface area (Å²) in [7, 11) is 9.18. The van der Waals surface area contributed by atoms with Gasteiger partial charge < -0.3 is 46.4 Å². The number of ether oxygens (including phenoxy) is 1. The topological polar surface area (TPSA) is 227 Å². The minimum atomic E-state index is -0.527. The molecule has 2 aliphatic heterocycles. The number of carbonyl (C=O) groups excluding carboxylic acids is 3. The van der Waals surface area contributed by atoms with E-state index >= 15 is 0 Å². The molecule has 2 aliphatic rings. The zero-order valence-corrected chi connectivity index (χ0v) is 44.8. The van der Waals surface area contributed by atoms with E-state index in [0.29, 0.717) is 26.2 Å². The minimum Gasteiger partial charge on any atom is -0.444 e. The fraction of sp³-hybridized carbons (Fsp3) is 0.315. The zero-order valence-electron chi connectivity index (χ0n) is 43.2. The number of halogens is 1. The third kappa shape index (κ3) is 16.4. The number of amides is 5. The van der Waals surface area contributed by atoms with Crippen molar-refractivity contribution in [1.82, 2.24) is 48.9 Å². The van der Waals surface area contributed by atoms with Crippen LogP contribution in [0.1, 0.15) is 33.6 Å². The van der Waals surface area contributed by atoms with Crippen LogP contribution in [0.15, 0.2) is 139 Å². The highest BCUT2D eigenvalue weighted by Crippen LogP contribution is 2.25. The summed E-state index contributed by atoms with van der Waals surface area (Å²) in [6.45, 7) is 7.89. The number of aromatic nitrogens is 6. The highest BCUT2D eigenvalue weighted by Gasteiger charge is 2.33. The van der Waals surface area contributed by atoms with E-state index in [1.807, 2.05) is 170 Å². The number of hydrogen-bond acceptors (Lipinski definition) is 11. The molecule has 0 aliphatic carbocycles. The maximum atomic E-state index is 12.6. The SMILES string of the molecule is CN(C(=O)Nc1ccc(-c2cnn(C)c2)cc1)[C@@H]1CCN(C#N)C1.CN(C(=O)Nc1ccc(-c2cnn(C)c2)cc1)[C@@H]1CCN(C(=O)OC(C)(C)C)C1.Cn1cc(-c2ccc(N)cc2)cn1.Nc1ccc(Br)cc1. The first-order chi connectivity index (χ1) is 35.2. The Hall–Kier alpha value is -8.31. The first-order valence-corrected chi connectivity index (χ1v) is 24.8. The van der Waals surface area contributed by atoms with E-state index in [4.69, 9.17) is 21.5 Å². The summed E-state index contributed by atoms with van der Waals surface area (Å²) in [5.41, 5.74) is 19.9. The summed E-state index contributed by atoms with van der Waals surface area (Å²) in [4.78, 5) is 43.9. The lowest BCUT2D eigenvalue weighted by molar-refractivity contribution is 0.0285. The van der Waals surface area contributed by atoms with E-state index in [1.54, 1.807) is 53.9 Å². The van der Waals surface area contributed by atoms with Crippen molar-refractivity contribution in [2.45, 2.75) is 51.3 Å². The molecule has 74 heavy (non-hydrogen) atoms. The molecule has 5 heterocycles. The molecule has 0 saturated carbocycles. The van der Waals surface area contributed by atoms with Crippen molar-refractivity contribution in [1.29, 1.82) is 5.26 Å². The molecule has 0 unspecified atom stereocenters. The summed E-state index contributed by atoms with van der Waals surface area (Å²) < 4.78 is 11.8. The Bertz CT molecular complexity index is 2940. The second-order valence-electron chi connectivity index (χ2n) is 19.0. The standard InChI is InChI=1S/C21H29N5O3.C17H20N6O.C10H11N3.C6H6BrN/c1-21(2,3)29-20(28)26-11-10-18(14-26)25(5)19(27)23-17-8-6-15(7-9-17)16-12-22-24(4)13-16;1-21-10-14(9-19-21)13-3-5-15(6-4-13)20-17(24)22(2)16-7-8-23(11-16)12-18;1-13-7-9(6-12-13)8-2-4-10(11)5-3-8;7-5-1-3-6(8)4-2-5/h6-9,12-13,18H,10-11,14H2,1-5H3,(H,23,27);3-6,9-10,16H,7-8,11H2,1-2H3,(H,20,24);2-7H,11H2,1H3;1-4H,8H2/t18-;16-;;/m11../s1. The van der Waals surface area contributed by atoms with E-state index in [2.05, 4.69) is 48.1 Å². The Morgan fingerprint density at radius 1 is 0.622 bits per heavy atom. The molecule has 2 fully saturated rings. The van der Waals surface area contributed by atoms with E-state index in [1.165, 1.54) is 0 Å². The molecule has 3 aromatic heterocycles. The lowest BCUT2D eigenvalue weighted by Gasteiger charge is -2.27. The van der Waals surface area contributed by atoms with Gasteiger partial charge in [0, 0.05) is 124 Å². The van der Waals surface area contributed by atoms with Gasteiger partial charge in [-0.1, -0.05) is 52.3 Å². The van der Waals surface area contributed by atoms with Gasteiger partial charge >= 0.3 is 18.2 Å². The van der Waals surface area contributed by atoms with Gasteiger partial charge in [0.15, 0.2) is 6.19 Å². The first-order valence-electron chi connectivity index (χ1n) is 24.0. The van der Waals surface area contributed by atoms with Crippen molar-refractivity contribution in [2.24, 2.45) is 21.1 Å². The summed E-state index contributed by atoms with van der Waals surface area (Å²) in [6, 6.07) is 30.3. The van der Waals surface area contributed by atoms with Crippen molar-refractivity contribution in [3.8, 4) is 39.6 Å². The van der Waals surface area contributed by atoms with E-state index in [9.17, 15) is 14.4 Å². The number of aryl methyl sites for hydroxylation is 3. The van der Waals surface area contributed by atoms with Crippen LogP contribution in [0.5, 0.6) is 0 Å². The van der Waals surface area contributed by atoms with Crippen LogP contribution < -0.4 is 22.1 Å². The molecular formula is C54H66BrN15O4. The van der Waals surface area contributed by atoms with E-state index < -0.39 is 5.60 Å². The number of nitrogen functional groups attached to an aromatic ring is 2. The van der Waals surface area contributed by atoms with Crippen LogP contribution in [0, 0.1) is 11.5 Å². The number of nitriles is 1. The van der Waals surface area contributed by atoms with Crippen molar-refractivity contribution in [3.63, 3.8) is 0 Å². The average Bonchev–Trinajstić information content (AvgIpc) is 4.25. The quantitative estimate of drug-likeness (QED) is 0.0869. The van der Waals surface area contributed by atoms with Crippen LogP contribution >= 0.6 is 15.9 Å². The number of hydrogen-bond donors (Lipinski definition) is 4. The Morgan fingerprint density at radius 3 is 1.35 bits per heavy atom. The van der Waals surface area contributed by atoms with Crippen LogP contribution in [0.3, 0.4) is 0 Å². The number of nitrogens with one attached hydrogen (secondary N) is 2. The Labute approximate surface area is 441 Å². The lowest BCUT2D eigenvalue weighted by atomic mass is 10.1. The third-order valence-corrected chi connectivity index (χ3v) is 12.6. The average molecular weight is 1070 g/mol. The summed E-state index contributed by atoms with van der Waals surface area (Å²) >= 11 is 3.29. The Balaban J connectivity index is 0.000000176. The van der Waals surface area contributed by atoms with Crippen molar-refractivity contribution in [2.75, 3.05) is 62.4 Å². The van der Waals surface area contributed by atoms with Gasteiger partial charge in [0.05, 0.1) is 30.7 Å². The number of carbonyl (C=O) groups is 3. The summed E-state index contributed by atoms with van der Waals surface area (Å²) in [6.07, 6.45) is 14.7. The van der Waals surface area contributed by atoms with Crippen LogP contribution in [0.2, 0.25) is 0 Å². The Morgan fingerprint density at radius 2 is 1.00 bits per heavy atom. The number of likely N-dealkylation sites (tertiary alicyclic amines) is 2. The molecule has 0 radical (unpaired) electrons. The molecule has 2 saturated heterocycles. The number of nitrogens with two attached hydrogens (primary N) is 2. The van der Waals surface area contributed by atoms with E-state index in [-0.39, 0.29) is 30.2 Å². The highest BCUT2D eigenvalue weighted by molar-refractivity contribution is 9.10. The Kier molecular flexibility index (Phi) is 18.9. The predicted octanol–water partition coefficient (Wildman–Crippen LogP) is 9.37. The van der Waals surface area contributed by atoms with Crippen LogP contribution in [0.4, 0.5) is 37.1 Å². The number of nitrogens with zero attached hydrogens (tertiary/aromatic N) is 11. The lowest BCUT2D eigenvalue weighted by Crippen LogP contribution is -2.43. The molecular weight excluding hydrogens is 1000 g/mol. The van der Waals surface area contributed by atoms with Gasteiger partial charge in [-0.2, -0.15) is 20.6 Å². The fourth-order valence-corrected chi connectivity index (χ4v) is 8.06. The molecule has 20 heteroatoms. The molecule has 4 aromatic carbocycles. The maximum Gasteiger partial charge on any atom is 0.410 e. The molecule has 388 valence electrons. The normalized spacial score (nSPS) is 14.7. The van der Waals surface area contributed by atoms with E-state index in [0.717, 1.165) is 73.4 Å². The molecule has 0 bridgehead atoms. The van der Waals surface area contributed by atoms with Gasteiger partial charge in [-0.05, 0) is 111 Å². The number of likely N-dealkylation sites (N-methyl/N-ethyl adjacent to an activating group) is 2. The number of rotatable bonds is 7. The van der Waals surface area contributed by atoms with Crippen molar-refractivity contribution < 1.29 is 19.1 Å². The van der Waals surface area contributed by atoms with Gasteiger partial charge in [-0.25, -0.2) is 14.4 Å². The summed E-state index contributed by atoms with van der Waals surface area (Å²) in [5.74, 6) is 0. The first kappa shape index (κ1) is 55.0. The van der Waals surface area contributed by atoms with Crippen LogP contribution in [-0.2, 0) is 25.9 Å². The minimum absolute atomic E-state index is 0.0443. The second kappa shape index (κ2) is 25.4. The van der Waals surface area contributed by atoms with Crippen molar-refractivity contribution in [3.05, 3.63) is 139 Å². The fourth-order valence-electron chi connectivity index (χ4n) is 7.80. The number of urea groups is 2. The molecule has 0 spiro atoms. The van der Waals surface area contributed by atoms with Gasteiger partial charge in [-0.15, -0.1) is 0 Å². The predicted molar refractivity (Wildman–Crippen MR) is 294 cm³/mol. The van der Waals surface area contributed by atoms with Gasteiger partial charge in [0.2, 0.25) is 0 Å². The molecule has 7 aromatic rings. The molecule has 5 amide bonds. The molecule has 2 atom stereocenters. The zero-order chi connectivity index (χ0) is 53.5. The second-order valence-corrected chi connectivity index (χ2v) is 19.9. The summed E-state index contributed by atoms with van der Waals surface area (Å²) in [5, 5.41) is 27.2.